The second kappa shape index (κ2) is 5.53. The molecule has 4 heteroatoms. The fourth-order valence-corrected chi connectivity index (χ4v) is 3.57. The molecule has 3 rings (SSSR count). The van der Waals surface area contributed by atoms with Crippen LogP contribution in [0.15, 0.2) is 40.3 Å². The normalized spacial score (nSPS) is 13.6. The Balaban J connectivity index is 1.98. The lowest BCUT2D eigenvalue weighted by atomic mass is 10.1. The molecule has 0 unspecified atom stereocenters. The van der Waals surface area contributed by atoms with Crippen molar-refractivity contribution < 1.29 is 0 Å². The van der Waals surface area contributed by atoms with Gasteiger partial charge in [-0.2, -0.15) is 0 Å². The molecule has 1 aromatic heterocycles. The van der Waals surface area contributed by atoms with E-state index in [4.69, 9.17) is 22.3 Å². The minimum atomic E-state index is 0.521. The molecule has 0 amide bonds. The van der Waals surface area contributed by atoms with Gasteiger partial charge in [0.05, 0.1) is 5.02 Å². The Morgan fingerprint density at radius 3 is 2.89 bits per heavy atom. The highest BCUT2D eigenvalue weighted by Gasteiger charge is 2.17. The summed E-state index contributed by atoms with van der Waals surface area (Å²) in [4.78, 5) is 5.82. The molecule has 1 heterocycles. The highest BCUT2D eigenvalue weighted by Crippen LogP contribution is 2.35. The number of hydrogen-bond acceptors (Lipinski definition) is 3. The van der Waals surface area contributed by atoms with Gasteiger partial charge in [0.15, 0.2) is 0 Å². The van der Waals surface area contributed by atoms with Gasteiger partial charge < -0.3 is 5.73 Å². The molecule has 1 aliphatic rings. The number of rotatable bonds is 3. The predicted molar refractivity (Wildman–Crippen MR) is 79.7 cm³/mol. The fourth-order valence-electron chi connectivity index (χ4n) is 2.37. The van der Waals surface area contributed by atoms with Gasteiger partial charge in [0.1, 0.15) is 5.03 Å². The molecule has 0 aliphatic heterocycles. The maximum atomic E-state index is 6.21. The largest absolute Gasteiger partial charge is 0.326 e. The summed E-state index contributed by atoms with van der Waals surface area (Å²) >= 11 is 7.82. The van der Waals surface area contributed by atoms with Crippen LogP contribution in [0.1, 0.15) is 23.2 Å². The number of benzene rings is 1. The molecule has 2 nitrogen and oxygen atoms in total. The van der Waals surface area contributed by atoms with E-state index in [0.717, 1.165) is 33.3 Å². The Kier molecular flexibility index (Phi) is 3.78. The predicted octanol–water partition coefficient (Wildman–Crippen LogP) is 3.83. The Morgan fingerprint density at radius 2 is 2.11 bits per heavy atom. The first kappa shape index (κ1) is 13.0. The number of hydrogen-bond donors (Lipinski definition) is 1. The van der Waals surface area contributed by atoms with Crippen LogP contribution in [-0.4, -0.2) is 4.98 Å². The first-order chi connectivity index (χ1) is 9.28. The van der Waals surface area contributed by atoms with Crippen LogP contribution in [0.4, 0.5) is 0 Å². The van der Waals surface area contributed by atoms with E-state index in [1.54, 1.807) is 11.8 Å². The number of aryl methyl sites for hydroxylation is 2. The van der Waals surface area contributed by atoms with Crippen molar-refractivity contribution >= 4 is 23.4 Å². The molecule has 98 valence electrons. The minimum Gasteiger partial charge on any atom is -0.326 e. The number of nitrogens with zero attached hydrogens (tertiary/aromatic N) is 1. The van der Waals surface area contributed by atoms with Crippen molar-refractivity contribution in [1.82, 2.24) is 4.98 Å². The molecule has 2 N–H and O–H groups in total. The number of pyridine rings is 1. The zero-order valence-corrected chi connectivity index (χ0v) is 12.1. The average Bonchev–Trinajstić information content (AvgIpc) is 2.87. The highest BCUT2D eigenvalue weighted by molar-refractivity contribution is 7.99. The SMILES string of the molecule is NCc1cc2c(nc1Sc1ccccc1Cl)CCC2. The van der Waals surface area contributed by atoms with E-state index in [1.165, 1.54) is 17.7 Å². The van der Waals surface area contributed by atoms with Crippen molar-refractivity contribution in [3.8, 4) is 0 Å². The van der Waals surface area contributed by atoms with Gasteiger partial charge >= 0.3 is 0 Å². The Labute approximate surface area is 122 Å². The quantitative estimate of drug-likeness (QED) is 0.933. The lowest BCUT2D eigenvalue weighted by Crippen LogP contribution is -2.03. The number of nitrogens with two attached hydrogens (primary N) is 1. The molecule has 0 saturated heterocycles. The van der Waals surface area contributed by atoms with E-state index in [-0.39, 0.29) is 0 Å². The third-order valence-corrected chi connectivity index (χ3v) is 4.92. The molecule has 1 aromatic carbocycles. The first-order valence-corrected chi connectivity index (χ1v) is 7.61. The van der Waals surface area contributed by atoms with Gasteiger partial charge in [0, 0.05) is 17.1 Å². The smallest absolute Gasteiger partial charge is 0.106 e. The van der Waals surface area contributed by atoms with E-state index in [0.29, 0.717) is 6.54 Å². The molecule has 19 heavy (non-hydrogen) atoms. The van der Waals surface area contributed by atoms with E-state index < -0.39 is 0 Å². The summed E-state index contributed by atoms with van der Waals surface area (Å²) in [6.07, 6.45) is 3.41. The molecule has 1 aliphatic carbocycles. The van der Waals surface area contributed by atoms with Gasteiger partial charge in [0.2, 0.25) is 0 Å². The first-order valence-electron chi connectivity index (χ1n) is 6.42. The summed E-state index contributed by atoms with van der Waals surface area (Å²) in [6, 6.07) is 10.1. The van der Waals surface area contributed by atoms with Crippen LogP contribution in [0.3, 0.4) is 0 Å². The number of fused-ring (bicyclic) bond motifs is 1. The van der Waals surface area contributed by atoms with Gasteiger partial charge in [-0.05, 0) is 42.5 Å². The topological polar surface area (TPSA) is 38.9 Å². The molecular weight excluding hydrogens is 276 g/mol. The van der Waals surface area contributed by atoms with Crippen molar-refractivity contribution in [2.24, 2.45) is 5.73 Å². The summed E-state index contributed by atoms with van der Waals surface area (Å²) < 4.78 is 0. The molecule has 0 spiro atoms. The van der Waals surface area contributed by atoms with Crippen LogP contribution in [0, 0.1) is 0 Å². The van der Waals surface area contributed by atoms with Crippen LogP contribution in [-0.2, 0) is 19.4 Å². The summed E-state index contributed by atoms with van der Waals surface area (Å²) in [5.41, 5.74) is 9.56. The van der Waals surface area contributed by atoms with Crippen molar-refractivity contribution in [1.29, 1.82) is 0 Å². The molecule has 0 saturated carbocycles. The third kappa shape index (κ3) is 2.64. The van der Waals surface area contributed by atoms with E-state index >= 15 is 0 Å². The second-order valence-electron chi connectivity index (χ2n) is 4.65. The number of aromatic nitrogens is 1. The van der Waals surface area contributed by atoms with Crippen LogP contribution >= 0.6 is 23.4 Å². The lowest BCUT2D eigenvalue weighted by Gasteiger charge is -2.10. The fraction of sp³-hybridized carbons (Fsp3) is 0.267. The van der Waals surface area contributed by atoms with Crippen LogP contribution < -0.4 is 5.73 Å². The van der Waals surface area contributed by atoms with E-state index in [1.807, 2.05) is 24.3 Å². The molecule has 2 aromatic rings. The van der Waals surface area contributed by atoms with Crippen molar-refractivity contribution in [2.45, 2.75) is 35.7 Å². The molecule has 0 fully saturated rings. The van der Waals surface area contributed by atoms with Gasteiger partial charge in [0.25, 0.3) is 0 Å². The Bertz CT molecular complexity index is 613. The van der Waals surface area contributed by atoms with Crippen molar-refractivity contribution in [3.63, 3.8) is 0 Å². The standard InChI is InChI=1S/C15H15ClN2S/c16-12-5-1-2-7-14(12)19-15-11(9-17)8-10-4-3-6-13(10)18-15/h1-2,5,7-8H,3-4,6,9,17H2. The van der Waals surface area contributed by atoms with Gasteiger partial charge in [-0.25, -0.2) is 4.98 Å². The molecule has 0 radical (unpaired) electrons. The minimum absolute atomic E-state index is 0.521. The molecular formula is C15H15ClN2S. The highest BCUT2D eigenvalue weighted by atomic mass is 35.5. The Hall–Kier alpha value is -1.03. The zero-order chi connectivity index (χ0) is 13.2. The zero-order valence-electron chi connectivity index (χ0n) is 10.5. The van der Waals surface area contributed by atoms with E-state index in [9.17, 15) is 0 Å². The lowest BCUT2D eigenvalue weighted by molar-refractivity contribution is 0.884. The van der Waals surface area contributed by atoms with E-state index in [2.05, 4.69) is 6.07 Å². The van der Waals surface area contributed by atoms with Crippen molar-refractivity contribution in [2.75, 3.05) is 0 Å². The van der Waals surface area contributed by atoms with Gasteiger partial charge in [-0.15, -0.1) is 0 Å². The third-order valence-electron chi connectivity index (χ3n) is 3.35. The summed E-state index contributed by atoms with van der Waals surface area (Å²) in [5.74, 6) is 0. The van der Waals surface area contributed by atoms with Gasteiger partial charge in [-0.3, -0.25) is 0 Å². The van der Waals surface area contributed by atoms with Crippen LogP contribution in [0.5, 0.6) is 0 Å². The maximum Gasteiger partial charge on any atom is 0.106 e. The Morgan fingerprint density at radius 1 is 1.26 bits per heavy atom. The average molecular weight is 291 g/mol. The monoisotopic (exact) mass is 290 g/mol. The number of halogens is 1. The summed E-state index contributed by atoms with van der Waals surface area (Å²) in [6.45, 7) is 0.521. The summed E-state index contributed by atoms with van der Waals surface area (Å²) in [7, 11) is 0. The molecule has 0 atom stereocenters. The second-order valence-corrected chi connectivity index (χ2v) is 6.09. The van der Waals surface area contributed by atoms with Crippen LogP contribution in [0.25, 0.3) is 0 Å². The van der Waals surface area contributed by atoms with Gasteiger partial charge in [-0.1, -0.05) is 41.6 Å². The maximum absolute atomic E-state index is 6.21. The van der Waals surface area contributed by atoms with Crippen LogP contribution in [0.2, 0.25) is 5.02 Å². The molecule has 0 bridgehead atoms. The summed E-state index contributed by atoms with van der Waals surface area (Å²) in [5, 5.41) is 1.76. The van der Waals surface area contributed by atoms with Crippen molar-refractivity contribution in [3.05, 3.63) is 52.2 Å².